The predicted molar refractivity (Wildman–Crippen MR) is 44.2 cm³/mol. The summed E-state index contributed by atoms with van der Waals surface area (Å²) in [5.41, 5.74) is 0.307. The topological polar surface area (TPSA) is 38.3 Å². The minimum atomic E-state index is -0.506. The molecule has 0 aliphatic carbocycles. The summed E-state index contributed by atoms with van der Waals surface area (Å²) in [5.74, 6) is 0.529. The van der Waals surface area contributed by atoms with Gasteiger partial charge in [0.25, 0.3) is 0 Å². The quantitative estimate of drug-likeness (QED) is 0.494. The molecule has 1 N–H and O–H groups in total. The van der Waals surface area contributed by atoms with Gasteiger partial charge >= 0.3 is 6.09 Å². The number of hydrogen-bond acceptors (Lipinski definition) is 2. The Kier molecular flexibility index (Phi) is 1.66. The average Bonchev–Trinajstić information content (AvgIpc) is 2.04. The minimum absolute atomic E-state index is 0.484. The molecule has 0 saturated heterocycles. The van der Waals surface area contributed by atoms with E-state index < -0.39 is 11.6 Å². The molecule has 0 radical (unpaired) electrons. The normalized spacial score (nSPS) is 20.8. The highest BCUT2D eigenvalue weighted by Gasteiger charge is 2.22. The van der Waals surface area contributed by atoms with Crippen LogP contribution in [0.1, 0.15) is 11.1 Å². The maximum Gasteiger partial charge on any atom is 0.414 e. The Bertz CT molecular complexity index is 327. The highest BCUT2D eigenvalue weighted by molar-refractivity contribution is 6.21. The molecule has 1 aromatic rings. The molecule has 1 unspecified atom stereocenters. The number of ether oxygens (including phenoxy) is 1. The van der Waals surface area contributed by atoms with Crippen LogP contribution in [0.3, 0.4) is 0 Å². The van der Waals surface area contributed by atoms with Crippen molar-refractivity contribution in [3.63, 3.8) is 0 Å². The number of para-hydroxylation sites is 1. The first-order valence-corrected chi connectivity index (χ1v) is 3.92. The summed E-state index contributed by atoms with van der Waals surface area (Å²) in [6.45, 7) is 0. The SMILES string of the molecule is O=C1NC(Cl)c2ccccc2O1. The van der Waals surface area contributed by atoms with Crippen LogP contribution in [0, 0.1) is 0 Å². The van der Waals surface area contributed by atoms with Crippen LogP contribution < -0.4 is 10.1 Å². The highest BCUT2D eigenvalue weighted by atomic mass is 35.5. The van der Waals surface area contributed by atoms with Crippen LogP contribution >= 0.6 is 11.6 Å². The number of amides is 1. The van der Waals surface area contributed by atoms with Crippen molar-refractivity contribution in [2.24, 2.45) is 0 Å². The van der Waals surface area contributed by atoms with Crippen molar-refractivity contribution in [3.8, 4) is 5.75 Å². The first-order valence-electron chi connectivity index (χ1n) is 3.49. The van der Waals surface area contributed by atoms with Gasteiger partial charge in [-0.05, 0) is 6.07 Å². The molecule has 1 aliphatic rings. The molecule has 1 amide bonds. The second-order valence-electron chi connectivity index (χ2n) is 2.43. The lowest BCUT2D eigenvalue weighted by Gasteiger charge is -2.20. The molecule has 0 fully saturated rings. The van der Waals surface area contributed by atoms with E-state index in [1.165, 1.54) is 0 Å². The Balaban J connectivity index is 2.47. The summed E-state index contributed by atoms with van der Waals surface area (Å²) in [6.07, 6.45) is -0.506. The van der Waals surface area contributed by atoms with Crippen LogP contribution in [0.25, 0.3) is 0 Å². The second-order valence-corrected chi connectivity index (χ2v) is 2.87. The second kappa shape index (κ2) is 2.68. The molecule has 0 spiro atoms. The van der Waals surface area contributed by atoms with Gasteiger partial charge in [0.1, 0.15) is 11.3 Å². The number of carbonyl (C=O) groups is 1. The van der Waals surface area contributed by atoms with Gasteiger partial charge < -0.3 is 10.1 Å². The Hall–Kier alpha value is -1.22. The van der Waals surface area contributed by atoms with Crippen molar-refractivity contribution in [1.29, 1.82) is 0 Å². The maximum atomic E-state index is 10.8. The van der Waals surface area contributed by atoms with Gasteiger partial charge in [0.2, 0.25) is 0 Å². The summed E-state index contributed by atoms with van der Waals surface area (Å²) in [4.78, 5) is 10.8. The van der Waals surface area contributed by atoms with Gasteiger partial charge in [-0.25, -0.2) is 4.79 Å². The van der Waals surface area contributed by atoms with Crippen molar-refractivity contribution < 1.29 is 9.53 Å². The first-order chi connectivity index (χ1) is 5.77. The number of alkyl halides is 1. The lowest BCUT2D eigenvalue weighted by atomic mass is 10.2. The van der Waals surface area contributed by atoms with Crippen LogP contribution in [0.15, 0.2) is 24.3 Å². The zero-order valence-electron chi connectivity index (χ0n) is 6.08. The van der Waals surface area contributed by atoms with Crippen molar-refractivity contribution in [2.45, 2.75) is 5.50 Å². The lowest BCUT2D eigenvalue weighted by molar-refractivity contribution is 0.193. The van der Waals surface area contributed by atoms with E-state index in [0.717, 1.165) is 5.56 Å². The summed E-state index contributed by atoms with van der Waals surface area (Å²) >= 11 is 5.83. The minimum Gasteiger partial charge on any atom is -0.410 e. The molecule has 2 rings (SSSR count). The Morgan fingerprint density at radius 2 is 2.17 bits per heavy atom. The number of hydrogen-bond donors (Lipinski definition) is 1. The summed E-state index contributed by atoms with van der Waals surface area (Å²) < 4.78 is 4.87. The molecule has 4 heteroatoms. The molecule has 3 nitrogen and oxygen atoms in total. The monoisotopic (exact) mass is 183 g/mol. The van der Waals surface area contributed by atoms with E-state index in [1.807, 2.05) is 12.1 Å². The highest BCUT2D eigenvalue weighted by Crippen LogP contribution is 2.30. The standard InChI is InChI=1S/C8H6ClNO2/c9-7-5-3-1-2-4-6(5)12-8(11)10-7/h1-4,7H,(H,10,11). The zero-order valence-corrected chi connectivity index (χ0v) is 6.84. The first kappa shape index (κ1) is 7.43. The van der Waals surface area contributed by atoms with Crippen LogP contribution in [-0.4, -0.2) is 6.09 Å². The predicted octanol–water partition coefficient (Wildman–Crippen LogP) is 2.03. The number of carbonyl (C=O) groups excluding carboxylic acids is 1. The third-order valence-electron chi connectivity index (χ3n) is 1.64. The zero-order chi connectivity index (χ0) is 8.55. The molecule has 1 atom stereocenters. The summed E-state index contributed by atoms with van der Waals surface area (Å²) in [7, 11) is 0. The van der Waals surface area contributed by atoms with Gasteiger partial charge in [0.15, 0.2) is 0 Å². The summed E-state index contributed by atoms with van der Waals surface area (Å²) in [6, 6.07) is 7.16. The molecular formula is C8H6ClNO2. The number of benzene rings is 1. The van der Waals surface area contributed by atoms with E-state index in [9.17, 15) is 4.79 Å². The molecule has 62 valence electrons. The lowest BCUT2D eigenvalue weighted by Crippen LogP contribution is -2.33. The summed E-state index contributed by atoms with van der Waals surface area (Å²) in [5, 5.41) is 2.44. The molecule has 1 heterocycles. The van der Waals surface area contributed by atoms with Crippen LogP contribution in [-0.2, 0) is 0 Å². The van der Waals surface area contributed by atoms with Gasteiger partial charge in [-0.1, -0.05) is 29.8 Å². The fourth-order valence-electron chi connectivity index (χ4n) is 1.09. The molecule has 0 saturated carbocycles. The van der Waals surface area contributed by atoms with Gasteiger partial charge in [-0.3, -0.25) is 0 Å². The molecular weight excluding hydrogens is 178 g/mol. The average molecular weight is 184 g/mol. The van der Waals surface area contributed by atoms with Crippen molar-refractivity contribution in [3.05, 3.63) is 29.8 Å². The third kappa shape index (κ3) is 1.12. The molecule has 0 aromatic heterocycles. The van der Waals surface area contributed by atoms with E-state index in [2.05, 4.69) is 5.32 Å². The Labute approximate surface area is 74.3 Å². The van der Waals surface area contributed by atoms with Gasteiger partial charge in [-0.15, -0.1) is 0 Å². The molecule has 1 aromatic carbocycles. The van der Waals surface area contributed by atoms with Crippen molar-refractivity contribution in [1.82, 2.24) is 5.32 Å². The van der Waals surface area contributed by atoms with Crippen molar-refractivity contribution in [2.75, 3.05) is 0 Å². The largest absolute Gasteiger partial charge is 0.414 e. The number of halogens is 1. The third-order valence-corrected chi connectivity index (χ3v) is 1.98. The van der Waals surface area contributed by atoms with Crippen molar-refractivity contribution >= 4 is 17.7 Å². The molecule has 12 heavy (non-hydrogen) atoms. The Morgan fingerprint density at radius 3 is 3.00 bits per heavy atom. The van der Waals surface area contributed by atoms with E-state index in [1.54, 1.807) is 12.1 Å². The van der Waals surface area contributed by atoms with Gasteiger partial charge in [0.05, 0.1) is 0 Å². The van der Waals surface area contributed by atoms with Gasteiger partial charge in [-0.2, -0.15) is 0 Å². The van der Waals surface area contributed by atoms with E-state index in [-0.39, 0.29) is 0 Å². The number of fused-ring (bicyclic) bond motifs is 1. The van der Waals surface area contributed by atoms with Crippen LogP contribution in [0.2, 0.25) is 0 Å². The fourth-order valence-corrected chi connectivity index (χ4v) is 1.36. The van der Waals surface area contributed by atoms with E-state index >= 15 is 0 Å². The van der Waals surface area contributed by atoms with Crippen LogP contribution in [0.5, 0.6) is 5.75 Å². The number of rotatable bonds is 0. The number of nitrogens with one attached hydrogen (secondary N) is 1. The van der Waals surface area contributed by atoms with Crippen LogP contribution in [0.4, 0.5) is 4.79 Å². The Morgan fingerprint density at radius 1 is 1.42 bits per heavy atom. The van der Waals surface area contributed by atoms with E-state index in [4.69, 9.17) is 16.3 Å². The molecule has 1 aliphatic heterocycles. The maximum absolute atomic E-state index is 10.8. The smallest absolute Gasteiger partial charge is 0.410 e. The fraction of sp³-hybridized carbons (Fsp3) is 0.125. The molecule has 0 bridgehead atoms. The van der Waals surface area contributed by atoms with E-state index in [0.29, 0.717) is 5.75 Å². The van der Waals surface area contributed by atoms with Gasteiger partial charge in [0, 0.05) is 5.56 Å².